The van der Waals surface area contributed by atoms with Crippen molar-refractivity contribution in [2.24, 2.45) is 0 Å². The van der Waals surface area contributed by atoms with Crippen LogP contribution in [0.1, 0.15) is 38.8 Å². The quantitative estimate of drug-likeness (QED) is 0.863. The molecule has 18 heavy (non-hydrogen) atoms. The molecular weight excluding hydrogens is 220 g/mol. The third-order valence-electron chi connectivity index (χ3n) is 3.84. The lowest BCUT2D eigenvalue weighted by molar-refractivity contribution is 0.165. The molecule has 2 rings (SSSR count). The van der Waals surface area contributed by atoms with E-state index in [0.717, 1.165) is 26.2 Å². The Morgan fingerprint density at radius 3 is 2.44 bits per heavy atom. The van der Waals surface area contributed by atoms with E-state index >= 15 is 0 Å². The molecule has 1 aliphatic rings. The van der Waals surface area contributed by atoms with Crippen molar-refractivity contribution in [3.05, 3.63) is 35.4 Å². The fraction of sp³-hybridized carbons (Fsp3) is 0.625. The van der Waals surface area contributed by atoms with Crippen LogP contribution in [0.4, 0.5) is 0 Å². The molecule has 0 amide bonds. The molecule has 0 radical (unpaired) electrons. The summed E-state index contributed by atoms with van der Waals surface area (Å²) in [5.41, 5.74) is 3.09. The Morgan fingerprint density at radius 2 is 1.89 bits per heavy atom. The Balaban J connectivity index is 2.02. The summed E-state index contributed by atoms with van der Waals surface area (Å²) in [5, 5.41) is 3.44. The van der Waals surface area contributed by atoms with Gasteiger partial charge < -0.3 is 5.32 Å². The summed E-state index contributed by atoms with van der Waals surface area (Å²) in [6, 6.07) is 9.77. The molecule has 1 fully saturated rings. The van der Waals surface area contributed by atoms with E-state index in [-0.39, 0.29) is 5.41 Å². The van der Waals surface area contributed by atoms with Gasteiger partial charge in [0.2, 0.25) is 0 Å². The summed E-state index contributed by atoms with van der Waals surface area (Å²) in [6.45, 7) is 13.6. The highest BCUT2D eigenvalue weighted by molar-refractivity contribution is 5.27. The molecule has 0 aromatic heterocycles. The highest BCUT2D eigenvalue weighted by Crippen LogP contribution is 2.22. The van der Waals surface area contributed by atoms with Crippen molar-refractivity contribution < 1.29 is 0 Å². The second-order valence-corrected chi connectivity index (χ2v) is 6.47. The van der Waals surface area contributed by atoms with Crippen LogP contribution in [-0.2, 0) is 12.0 Å². The number of benzene rings is 1. The molecule has 0 spiro atoms. The van der Waals surface area contributed by atoms with Crippen LogP contribution in [0, 0.1) is 0 Å². The number of nitrogens with zero attached hydrogens (tertiary/aromatic N) is 1. The third kappa shape index (κ3) is 3.33. The van der Waals surface area contributed by atoms with Crippen molar-refractivity contribution in [2.45, 2.75) is 45.7 Å². The Bertz CT molecular complexity index is 375. The number of piperazine rings is 1. The Labute approximate surface area is 111 Å². The largest absolute Gasteiger partial charge is 0.314 e. The van der Waals surface area contributed by atoms with Gasteiger partial charge in [0, 0.05) is 32.2 Å². The molecule has 2 nitrogen and oxygen atoms in total. The van der Waals surface area contributed by atoms with Crippen LogP contribution in [0.15, 0.2) is 24.3 Å². The van der Waals surface area contributed by atoms with E-state index in [1.165, 1.54) is 11.1 Å². The van der Waals surface area contributed by atoms with Crippen molar-refractivity contribution >= 4 is 0 Å². The van der Waals surface area contributed by atoms with Gasteiger partial charge in [0.05, 0.1) is 0 Å². The Hall–Kier alpha value is -0.860. The van der Waals surface area contributed by atoms with Gasteiger partial charge in [-0.25, -0.2) is 0 Å². The van der Waals surface area contributed by atoms with E-state index in [0.29, 0.717) is 6.04 Å². The summed E-state index contributed by atoms with van der Waals surface area (Å²) in [6.07, 6.45) is 0. The molecule has 1 N–H and O–H groups in total. The molecule has 0 bridgehead atoms. The summed E-state index contributed by atoms with van der Waals surface area (Å²) >= 11 is 0. The second kappa shape index (κ2) is 5.41. The molecule has 100 valence electrons. The minimum Gasteiger partial charge on any atom is -0.314 e. The highest BCUT2D eigenvalue weighted by atomic mass is 15.2. The maximum atomic E-state index is 3.44. The molecule has 1 aliphatic heterocycles. The lowest BCUT2D eigenvalue weighted by Gasteiger charge is -2.34. The molecule has 1 saturated heterocycles. The third-order valence-corrected chi connectivity index (χ3v) is 3.84. The molecular formula is C16H26N2. The molecule has 2 heteroatoms. The van der Waals surface area contributed by atoms with E-state index in [9.17, 15) is 0 Å². The number of nitrogens with one attached hydrogen (secondary N) is 1. The van der Waals surface area contributed by atoms with Crippen molar-refractivity contribution in [3.63, 3.8) is 0 Å². The smallest absolute Gasteiger partial charge is 0.0237 e. The first-order valence-corrected chi connectivity index (χ1v) is 7.01. The minimum atomic E-state index is 0.251. The lowest BCUT2D eigenvalue weighted by Crippen LogP contribution is -2.49. The average molecular weight is 246 g/mol. The van der Waals surface area contributed by atoms with Crippen molar-refractivity contribution in [2.75, 3.05) is 19.6 Å². The summed E-state index contributed by atoms with van der Waals surface area (Å²) < 4.78 is 0. The van der Waals surface area contributed by atoms with Crippen molar-refractivity contribution in [1.82, 2.24) is 10.2 Å². The lowest BCUT2D eigenvalue weighted by atomic mass is 9.86. The van der Waals surface area contributed by atoms with Gasteiger partial charge in [0.15, 0.2) is 0 Å². The molecule has 0 saturated carbocycles. The van der Waals surface area contributed by atoms with E-state index in [1.54, 1.807) is 0 Å². The standard InChI is InChI=1S/C16H26N2/c1-13-11-17-9-10-18(13)12-14-5-7-15(8-6-14)16(2,3)4/h5-8,13,17H,9-12H2,1-4H3/t13-/m1/s1. The van der Waals surface area contributed by atoms with E-state index in [2.05, 4.69) is 62.2 Å². The monoisotopic (exact) mass is 246 g/mol. The van der Waals surface area contributed by atoms with Crippen LogP contribution in [0.25, 0.3) is 0 Å². The van der Waals surface area contributed by atoms with E-state index in [4.69, 9.17) is 0 Å². The van der Waals surface area contributed by atoms with Crippen LogP contribution < -0.4 is 5.32 Å². The van der Waals surface area contributed by atoms with Crippen LogP contribution >= 0.6 is 0 Å². The van der Waals surface area contributed by atoms with E-state index in [1.807, 2.05) is 0 Å². The molecule has 1 atom stereocenters. The maximum absolute atomic E-state index is 3.44. The topological polar surface area (TPSA) is 15.3 Å². The van der Waals surface area contributed by atoms with Gasteiger partial charge in [-0.1, -0.05) is 45.0 Å². The fourth-order valence-corrected chi connectivity index (χ4v) is 2.46. The van der Waals surface area contributed by atoms with Crippen molar-refractivity contribution in [3.8, 4) is 0 Å². The first-order chi connectivity index (χ1) is 8.47. The number of rotatable bonds is 2. The highest BCUT2D eigenvalue weighted by Gasteiger charge is 2.18. The van der Waals surface area contributed by atoms with Gasteiger partial charge in [0.25, 0.3) is 0 Å². The summed E-state index contributed by atoms with van der Waals surface area (Å²) in [5.74, 6) is 0. The first kappa shape index (κ1) is 13.6. The zero-order valence-corrected chi connectivity index (χ0v) is 12.2. The first-order valence-electron chi connectivity index (χ1n) is 7.01. The molecule has 0 aliphatic carbocycles. The zero-order valence-electron chi connectivity index (χ0n) is 12.2. The predicted molar refractivity (Wildman–Crippen MR) is 77.9 cm³/mol. The fourth-order valence-electron chi connectivity index (χ4n) is 2.46. The Morgan fingerprint density at radius 1 is 1.22 bits per heavy atom. The van der Waals surface area contributed by atoms with E-state index < -0.39 is 0 Å². The number of hydrogen-bond donors (Lipinski definition) is 1. The van der Waals surface area contributed by atoms with Crippen molar-refractivity contribution in [1.29, 1.82) is 0 Å². The van der Waals surface area contributed by atoms with Gasteiger partial charge in [-0.15, -0.1) is 0 Å². The average Bonchev–Trinajstić information content (AvgIpc) is 2.32. The molecule has 1 aromatic carbocycles. The van der Waals surface area contributed by atoms with Crippen LogP contribution in [0.5, 0.6) is 0 Å². The maximum Gasteiger partial charge on any atom is 0.0237 e. The second-order valence-electron chi connectivity index (χ2n) is 6.47. The molecule has 0 unspecified atom stereocenters. The molecule has 1 aromatic rings. The molecule has 1 heterocycles. The van der Waals surface area contributed by atoms with Gasteiger partial charge >= 0.3 is 0 Å². The SMILES string of the molecule is C[C@@H]1CNCCN1Cc1ccc(C(C)(C)C)cc1. The summed E-state index contributed by atoms with van der Waals surface area (Å²) in [4.78, 5) is 2.56. The zero-order chi connectivity index (χ0) is 13.2. The van der Waals surface area contributed by atoms with Gasteiger partial charge in [-0.05, 0) is 23.5 Å². The van der Waals surface area contributed by atoms with Gasteiger partial charge in [0.1, 0.15) is 0 Å². The van der Waals surface area contributed by atoms with Gasteiger partial charge in [-0.3, -0.25) is 4.90 Å². The van der Waals surface area contributed by atoms with Gasteiger partial charge in [-0.2, -0.15) is 0 Å². The van der Waals surface area contributed by atoms with Crippen LogP contribution in [0.2, 0.25) is 0 Å². The van der Waals surface area contributed by atoms with Crippen LogP contribution in [0.3, 0.4) is 0 Å². The predicted octanol–water partition coefficient (Wildman–Crippen LogP) is 2.78. The Kier molecular flexibility index (Phi) is 4.08. The number of hydrogen-bond acceptors (Lipinski definition) is 2. The summed E-state index contributed by atoms with van der Waals surface area (Å²) in [7, 11) is 0. The normalized spacial score (nSPS) is 22.1. The minimum absolute atomic E-state index is 0.251. The van der Waals surface area contributed by atoms with Crippen LogP contribution in [-0.4, -0.2) is 30.6 Å².